The third-order valence-electron chi connectivity index (χ3n) is 5.64. The van der Waals surface area contributed by atoms with Crippen LogP contribution in [-0.2, 0) is 16.0 Å². The van der Waals surface area contributed by atoms with Crippen molar-refractivity contribution in [3.63, 3.8) is 0 Å². The van der Waals surface area contributed by atoms with Gasteiger partial charge in [-0.15, -0.1) is 0 Å². The second kappa shape index (κ2) is 9.15. The number of imidazole rings is 1. The molecule has 0 fully saturated rings. The van der Waals surface area contributed by atoms with Gasteiger partial charge in [0.25, 0.3) is 0 Å². The van der Waals surface area contributed by atoms with E-state index in [0.717, 1.165) is 5.69 Å². The van der Waals surface area contributed by atoms with Crippen molar-refractivity contribution >= 4 is 12.0 Å². The highest BCUT2D eigenvalue weighted by molar-refractivity contribution is 5.84. The van der Waals surface area contributed by atoms with Crippen molar-refractivity contribution in [3.05, 3.63) is 47.3 Å². The number of hydrogen-bond donors (Lipinski definition) is 2. The average Bonchev–Trinajstić information content (AvgIpc) is 3.24. The van der Waals surface area contributed by atoms with Gasteiger partial charge in [-0.25, -0.2) is 19.0 Å². The number of benzene rings is 1. The van der Waals surface area contributed by atoms with Gasteiger partial charge < -0.3 is 24.7 Å². The molecule has 3 unspecified atom stereocenters. The molecule has 2 heterocycles. The van der Waals surface area contributed by atoms with Gasteiger partial charge in [-0.2, -0.15) is 0 Å². The zero-order valence-electron chi connectivity index (χ0n) is 17.6. The lowest BCUT2D eigenvalue weighted by Crippen LogP contribution is -2.53. The minimum Gasteiger partial charge on any atom is -0.497 e. The smallest absolute Gasteiger partial charge is 0.328 e. The van der Waals surface area contributed by atoms with Gasteiger partial charge in [-0.3, -0.25) is 0 Å². The molecule has 1 aromatic heterocycles. The van der Waals surface area contributed by atoms with Crippen molar-refractivity contribution in [2.75, 3.05) is 20.8 Å². The molecule has 0 radical (unpaired) electrons. The predicted octanol–water partition coefficient (Wildman–Crippen LogP) is 2.80. The van der Waals surface area contributed by atoms with Crippen LogP contribution in [0.4, 0.5) is 9.18 Å². The largest absolute Gasteiger partial charge is 0.497 e. The van der Waals surface area contributed by atoms with E-state index < -0.39 is 29.9 Å². The summed E-state index contributed by atoms with van der Waals surface area (Å²) in [5, 5.41) is 2.78. The molecule has 1 aromatic carbocycles. The first-order chi connectivity index (χ1) is 14.4. The van der Waals surface area contributed by atoms with Gasteiger partial charge in [-0.05, 0) is 18.1 Å². The van der Waals surface area contributed by atoms with Crippen LogP contribution in [0.25, 0.3) is 0 Å². The number of urea groups is 1. The number of amides is 2. The number of ether oxygens (including phenoxy) is 2. The average molecular weight is 418 g/mol. The van der Waals surface area contributed by atoms with E-state index >= 15 is 0 Å². The quantitative estimate of drug-likeness (QED) is 0.704. The minimum absolute atomic E-state index is 0.122. The molecule has 30 heavy (non-hydrogen) atoms. The fourth-order valence-electron chi connectivity index (χ4n) is 3.68. The van der Waals surface area contributed by atoms with Gasteiger partial charge in [0.15, 0.2) is 0 Å². The van der Waals surface area contributed by atoms with Crippen molar-refractivity contribution in [1.29, 1.82) is 0 Å². The molecule has 0 saturated heterocycles. The molecule has 8 nitrogen and oxygen atoms in total. The molecule has 2 aromatic rings. The van der Waals surface area contributed by atoms with Crippen LogP contribution in [0.5, 0.6) is 5.75 Å². The predicted molar refractivity (Wildman–Crippen MR) is 108 cm³/mol. The number of aromatic amines is 1. The molecule has 2 amide bonds. The van der Waals surface area contributed by atoms with Gasteiger partial charge in [0.2, 0.25) is 0 Å². The Morgan fingerprint density at radius 3 is 2.80 bits per heavy atom. The van der Waals surface area contributed by atoms with Crippen LogP contribution in [-0.4, -0.2) is 53.7 Å². The highest BCUT2D eigenvalue weighted by atomic mass is 19.1. The first kappa shape index (κ1) is 21.6. The van der Waals surface area contributed by atoms with Crippen LogP contribution >= 0.6 is 0 Å². The maximum Gasteiger partial charge on any atom is 0.328 e. The van der Waals surface area contributed by atoms with Gasteiger partial charge in [0.05, 0.1) is 26.2 Å². The summed E-state index contributed by atoms with van der Waals surface area (Å²) in [6.45, 7) is 4.13. The van der Waals surface area contributed by atoms with Crippen LogP contribution < -0.4 is 10.1 Å². The number of halogens is 1. The van der Waals surface area contributed by atoms with Crippen LogP contribution in [0.15, 0.2) is 24.5 Å². The van der Waals surface area contributed by atoms with Gasteiger partial charge in [-0.1, -0.05) is 20.3 Å². The lowest BCUT2D eigenvalue weighted by Gasteiger charge is -2.36. The Morgan fingerprint density at radius 2 is 2.17 bits per heavy atom. The first-order valence-electron chi connectivity index (χ1n) is 9.91. The van der Waals surface area contributed by atoms with Crippen LogP contribution in [0.3, 0.4) is 0 Å². The molecule has 3 rings (SSSR count). The fourth-order valence-corrected chi connectivity index (χ4v) is 3.68. The summed E-state index contributed by atoms with van der Waals surface area (Å²) in [6.07, 6.45) is 2.76. The Hall–Kier alpha value is -3.10. The van der Waals surface area contributed by atoms with Crippen LogP contribution in [0.2, 0.25) is 0 Å². The highest BCUT2D eigenvalue weighted by Crippen LogP contribution is 2.35. The topological polar surface area (TPSA) is 96.5 Å². The molecule has 9 heteroatoms. The molecule has 162 valence electrons. The van der Waals surface area contributed by atoms with Gasteiger partial charge >= 0.3 is 12.0 Å². The number of carbonyl (C=O) groups excluding carboxylic acids is 2. The summed E-state index contributed by atoms with van der Waals surface area (Å²) in [4.78, 5) is 34.4. The molecular formula is C21H27FN4O4. The Kier molecular flexibility index (Phi) is 6.59. The summed E-state index contributed by atoms with van der Waals surface area (Å²) in [6, 6.07) is 2.51. The maximum atomic E-state index is 14.9. The minimum atomic E-state index is -0.797. The number of aromatic nitrogens is 2. The molecule has 0 aliphatic carbocycles. The highest BCUT2D eigenvalue weighted by Gasteiger charge is 2.38. The Labute approximate surface area is 174 Å². The molecular weight excluding hydrogens is 391 g/mol. The van der Waals surface area contributed by atoms with E-state index in [2.05, 4.69) is 15.3 Å². The van der Waals surface area contributed by atoms with Crippen LogP contribution in [0, 0.1) is 11.7 Å². The molecule has 0 saturated carbocycles. The Morgan fingerprint density at radius 1 is 1.40 bits per heavy atom. The number of H-pyrrole nitrogens is 1. The normalized spacial score (nSPS) is 17.6. The number of fused-ring (bicyclic) bond motifs is 1. The zero-order valence-corrected chi connectivity index (χ0v) is 17.6. The standard InChI is InChI=1S/C21H27FN4O4/c1-5-12(2)17(20(27)30-4)25-21(28)26-9-8-16-18(24-11-23-16)19(26)14-7-6-13(29-3)10-15(14)22/h6-7,10-12,17,19H,5,8-9H2,1-4H3,(H,23,24)(H,25,28). The first-order valence-corrected chi connectivity index (χ1v) is 9.91. The lowest BCUT2D eigenvalue weighted by atomic mass is 9.95. The van der Waals surface area contributed by atoms with E-state index in [9.17, 15) is 14.0 Å². The van der Waals surface area contributed by atoms with Crippen molar-refractivity contribution in [3.8, 4) is 5.75 Å². The van der Waals surface area contributed by atoms with Crippen molar-refractivity contribution in [1.82, 2.24) is 20.2 Å². The third kappa shape index (κ3) is 4.10. The Bertz CT molecular complexity index is 916. The number of hydrogen-bond acceptors (Lipinski definition) is 5. The maximum absolute atomic E-state index is 14.9. The Balaban J connectivity index is 1.96. The van der Waals surface area contributed by atoms with Crippen LogP contribution in [0.1, 0.15) is 43.3 Å². The summed E-state index contributed by atoms with van der Waals surface area (Å²) < 4.78 is 24.9. The monoisotopic (exact) mass is 418 g/mol. The molecule has 1 aliphatic rings. The van der Waals surface area contributed by atoms with E-state index in [4.69, 9.17) is 9.47 Å². The lowest BCUT2D eigenvalue weighted by molar-refractivity contribution is -0.144. The third-order valence-corrected chi connectivity index (χ3v) is 5.64. The number of esters is 1. The number of rotatable bonds is 6. The summed E-state index contributed by atoms with van der Waals surface area (Å²) in [5.41, 5.74) is 1.74. The summed E-state index contributed by atoms with van der Waals surface area (Å²) >= 11 is 0. The molecule has 2 N–H and O–H groups in total. The fraction of sp³-hybridized carbons (Fsp3) is 0.476. The number of methoxy groups -OCH3 is 2. The number of nitrogens with zero attached hydrogens (tertiary/aromatic N) is 2. The van der Waals surface area contributed by atoms with E-state index in [1.807, 2.05) is 13.8 Å². The SMILES string of the molecule is CCC(C)C(NC(=O)N1CCc2[nH]cnc2C1c1ccc(OC)cc1F)C(=O)OC. The number of nitrogens with one attached hydrogen (secondary N) is 2. The summed E-state index contributed by atoms with van der Waals surface area (Å²) in [7, 11) is 2.75. The zero-order chi connectivity index (χ0) is 21.8. The van der Waals surface area contributed by atoms with Crippen molar-refractivity contribution in [2.24, 2.45) is 5.92 Å². The van der Waals surface area contributed by atoms with E-state index in [1.165, 1.54) is 31.5 Å². The second-order valence-corrected chi connectivity index (χ2v) is 7.34. The molecule has 3 atom stereocenters. The van der Waals surface area contributed by atoms with Crippen molar-refractivity contribution in [2.45, 2.75) is 38.8 Å². The molecule has 0 spiro atoms. The number of carbonyl (C=O) groups is 2. The van der Waals surface area contributed by atoms with E-state index in [1.54, 1.807) is 12.1 Å². The second-order valence-electron chi connectivity index (χ2n) is 7.34. The van der Waals surface area contributed by atoms with Gasteiger partial charge in [0, 0.05) is 30.3 Å². The van der Waals surface area contributed by atoms with E-state index in [0.29, 0.717) is 36.4 Å². The van der Waals surface area contributed by atoms with Crippen molar-refractivity contribution < 1.29 is 23.5 Å². The molecule has 1 aliphatic heterocycles. The van der Waals surface area contributed by atoms with Gasteiger partial charge in [0.1, 0.15) is 23.7 Å². The molecule has 0 bridgehead atoms. The van der Waals surface area contributed by atoms with E-state index in [-0.39, 0.29) is 5.92 Å². The summed E-state index contributed by atoms with van der Waals surface area (Å²) in [5.74, 6) is -0.752.